The third-order valence-electron chi connectivity index (χ3n) is 6.04. The minimum absolute atomic E-state index is 0.223. The van der Waals surface area contributed by atoms with E-state index in [1.54, 1.807) is 0 Å². The van der Waals surface area contributed by atoms with E-state index < -0.39 is 42.4 Å². The largest absolute Gasteiger partial charge is 0.420 e. The summed E-state index contributed by atoms with van der Waals surface area (Å²) in [6.45, 7) is 0. The van der Waals surface area contributed by atoms with Gasteiger partial charge in [0.05, 0.1) is 16.7 Å². The van der Waals surface area contributed by atoms with Crippen LogP contribution in [0, 0.1) is 0 Å². The summed E-state index contributed by atoms with van der Waals surface area (Å²) in [7, 11) is -2.89. The van der Waals surface area contributed by atoms with E-state index in [1.165, 1.54) is 24.8 Å². The van der Waals surface area contributed by atoms with Crippen LogP contribution in [0.15, 0.2) is 48.5 Å². The van der Waals surface area contributed by atoms with E-state index in [0.29, 0.717) is 31.0 Å². The maximum Gasteiger partial charge on any atom is 0.420 e. The Morgan fingerprint density at radius 1 is 0.611 bits per heavy atom. The molecular weight excluding hydrogens is 501 g/mol. The van der Waals surface area contributed by atoms with Crippen LogP contribution in [0.5, 0.6) is 0 Å². The number of carbonyl (C=O) groups is 1. The zero-order chi connectivity index (χ0) is 26.6. The fourth-order valence-electron chi connectivity index (χ4n) is 4.12. The number of hydrogen-bond acceptors (Lipinski definition) is 2. The monoisotopic (exact) mass is 533 g/mol. The molecule has 0 bridgehead atoms. The molecule has 0 aliphatic carbocycles. The first kappa shape index (κ1) is 30.0. The molecule has 0 amide bonds. The Kier molecular flexibility index (Phi) is 12.1. The summed E-state index contributed by atoms with van der Waals surface area (Å²) >= 11 is 0. The Hall–Kier alpha value is -2.21. The molecule has 2 nitrogen and oxygen atoms in total. The van der Waals surface area contributed by atoms with Gasteiger partial charge < -0.3 is 0 Å². The van der Waals surface area contributed by atoms with Gasteiger partial charge in [0.15, 0.2) is 6.16 Å². The minimum Gasteiger partial charge on any atom is -0.234 e. The van der Waals surface area contributed by atoms with E-state index in [4.69, 9.17) is 0 Å². The first-order chi connectivity index (χ1) is 17.0. The van der Waals surface area contributed by atoms with Crippen LogP contribution in [0.25, 0.3) is 0 Å². The SMILES string of the molecule is O=C(c1c(C(F)(F)F)cccc1C(F)(F)F)[P+](=O)CCCCCCCCCCCCc1ccccc1. The molecule has 0 aliphatic heterocycles. The molecule has 0 saturated heterocycles. The van der Waals surface area contributed by atoms with Gasteiger partial charge in [-0.15, -0.1) is 0 Å². The fraction of sp³-hybridized carbons (Fsp3) is 0.519. The highest BCUT2D eigenvalue weighted by Crippen LogP contribution is 2.43. The first-order valence-corrected chi connectivity index (χ1v) is 13.8. The summed E-state index contributed by atoms with van der Waals surface area (Å²) in [5, 5.41) is 0. The van der Waals surface area contributed by atoms with Gasteiger partial charge in [-0.05, 0) is 43.4 Å². The lowest BCUT2D eigenvalue weighted by molar-refractivity contribution is -0.143. The number of benzene rings is 2. The lowest BCUT2D eigenvalue weighted by atomic mass is 10.0. The molecule has 0 N–H and O–H groups in total. The molecule has 36 heavy (non-hydrogen) atoms. The molecule has 198 valence electrons. The van der Waals surface area contributed by atoms with E-state index >= 15 is 0 Å². The summed E-state index contributed by atoms with van der Waals surface area (Å²) in [6, 6.07) is 11.8. The van der Waals surface area contributed by atoms with Crippen LogP contribution in [0.2, 0.25) is 0 Å². The van der Waals surface area contributed by atoms with Crippen molar-refractivity contribution >= 4 is 13.3 Å². The smallest absolute Gasteiger partial charge is 0.234 e. The molecule has 0 heterocycles. The van der Waals surface area contributed by atoms with Gasteiger partial charge in [-0.25, -0.2) is 4.79 Å². The van der Waals surface area contributed by atoms with Gasteiger partial charge in [0.25, 0.3) is 0 Å². The molecular formula is C27H32F6O2P+. The molecule has 0 spiro atoms. The number of carbonyl (C=O) groups excluding carboxylic acids is 1. The van der Waals surface area contributed by atoms with Crippen molar-refractivity contribution in [3.05, 3.63) is 70.8 Å². The first-order valence-electron chi connectivity index (χ1n) is 12.3. The third kappa shape index (κ3) is 10.0. The third-order valence-corrected chi connectivity index (χ3v) is 7.43. The lowest BCUT2D eigenvalue weighted by Gasteiger charge is -2.15. The normalized spacial score (nSPS) is 12.6. The van der Waals surface area contributed by atoms with Crippen LogP contribution in [0.4, 0.5) is 26.3 Å². The molecule has 1 atom stereocenters. The van der Waals surface area contributed by atoms with Crippen molar-refractivity contribution < 1.29 is 35.7 Å². The molecule has 2 aromatic carbocycles. The zero-order valence-electron chi connectivity index (χ0n) is 20.1. The maximum atomic E-state index is 13.2. The highest BCUT2D eigenvalue weighted by molar-refractivity contribution is 7.64. The molecule has 0 saturated carbocycles. The lowest BCUT2D eigenvalue weighted by Crippen LogP contribution is -2.19. The van der Waals surface area contributed by atoms with E-state index in [-0.39, 0.29) is 6.16 Å². The topological polar surface area (TPSA) is 34.1 Å². The molecule has 1 unspecified atom stereocenters. The average Bonchev–Trinajstić information content (AvgIpc) is 2.83. The summed E-state index contributed by atoms with van der Waals surface area (Å²) in [5.74, 6) is 0. The summed E-state index contributed by atoms with van der Waals surface area (Å²) in [6.07, 6.45) is 0.0613. The Morgan fingerprint density at radius 2 is 1.06 bits per heavy atom. The summed E-state index contributed by atoms with van der Waals surface area (Å²) < 4.78 is 91.7. The van der Waals surface area contributed by atoms with Gasteiger partial charge in [-0.2, -0.15) is 26.3 Å². The van der Waals surface area contributed by atoms with Crippen molar-refractivity contribution in [3.63, 3.8) is 0 Å². The van der Waals surface area contributed by atoms with Crippen molar-refractivity contribution in [2.24, 2.45) is 0 Å². The van der Waals surface area contributed by atoms with Crippen LogP contribution >= 0.6 is 7.80 Å². The van der Waals surface area contributed by atoms with Crippen LogP contribution in [0.3, 0.4) is 0 Å². The van der Waals surface area contributed by atoms with Crippen molar-refractivity contribution in [3.8, 4) is 0 Å². The summed E-state index contributed by atoms with van der Waals surface area (Å²) in [4.78, 5) is 12.4. The molecule has 9 heteroatoms. The van der Waals surface area contributed by atoms with Gasteiger partial charge in [0, 0.05) is 0 Å². The number of halogens is 6. The Labute approximate surface area is 209 Å². The van der Waals surface area contributed by atoms with Gasteiger partial charge in [0.1, 0.15) is 0 Å². The van der Waals surface area contributed by atoms with Crippen molar-refractivity contribution in [1.82, 2.24) is 0 Å². The predicted molar refractivity (Wildman–Crippen MR) is 130 cm³/mol. The maximum absolute atomic E-state index is 13.2. The van der Waals surface area contributed by atoms with Crippen molar-refractivity contribution in [1.29, 1.82) is 0 Å². The predicted octanol–water partition coefficient (Wildman–Crippen LogP) is 9.84. The zero-order valence-corrected chi connectivity index (χ0v) is 21.0. The molecule has 0 fully saturated rings. The number of aryl methyl sites for hydroxylation is 1. The minimum atomic E-state index is -5.16. The van der Waals surface area contributed by atoms with E-state index in [1.807, 2.05) is 18.2 Å². The molecule has 0 aliphatic rings. The van der Waals surface area contributed by atoms with Gasteiger partial charge >= 0.3 is 25.7 Å². The van der Waals surface area contributed by atoms with Crippen LogP contribution in [0.1, 0.15) is 91.3 Å². The van der Waals surface area contributed by atoms with Crippen LogP contribution < -0.4 is 0 Å². The highest BCUT2D eigenvalue weighted by Gasteiger charge is 2.47. The highest BCUT2D eigenvalue weighted by atomic mass is 31.1. The van der Waals surface area contributed by atoms with Crippen LogP contribution in [-0.2, 0) is 23.3 Å². The Morgan fingerprint density at radius 3 is 1.53 bits per heavy atom. The van der Waals surface area contributed by atoms with E-state index in [2.05, 4.69) is 12.1 Å². The second-order valence-corrected chi connectivity index (χ2v) is 10.5. The van der Waals surface area contributed by atoms with Crippen LogP contribution in [-0.4, -0.2) is 11.7 Å². The average molecular weight is 534 g/mol. The van der Waals surface area contributed by atoms with E-state index in [9.17, 15) is 35.7 Å². The molecule has 0 radical (unpaired) electrons. The second kappa shape index (κ2) is 14.5. The second-order valence-electron chi connectivity index (χ2n) is 8.90. The fourth-order valence-corrected chi connectivity index (χ4v) is 5.33. The van der Waals surface area contributed by atoms with Crippen molar-refractivity contribution in [2.45, 2.75) is 83.0 Å². The van der Waals surface area contributed by atoms with Crippen molar-refractivity contribution in [2.75, 3.05) is 6.16 Å². The summed E-state index contributed by atoms with van der Waals surface area (Å²) in [5.41, 5.74) is -5.18. The van der Waals surface area contributed by atoms with Gasteiger partial charge in [-0.3, -0.25) is 0 Å². The number of rotatable bonds is 15. The molecule has 0 aromatic heterocycles. The number of hydrogen-bond donors (Lipinski definition) is 0. The Balaban J connectivity index is 1.66. The number of alkyl halides is 6. The standard InChI is InChI=1S/C27H32F6O2P/c28-26(29,30)22-18-14-19-23(27(31,32)33)24(22)25(34)36(35)20-13-8-6-4-2-1-3-5-7-10-15-21-16-11-9-12-17-21/h9,11-12,14,16-19H,1-8,10,13,15,20H2/q+1. The Bertz CT molecular complexity index is 938. The van der Waals surface area contributed by atoms with E-state index in [0.717, 1.165) is 38.5 Å². The number of unbranched alkanes of at least 4 members (excludes halogenated alkanes) is 9. The quantitative estimate of drug-likeness (QED) is 0.130. The van der Waals surface area contributed by atoms with Gasteiger partial charge in [-0.1, -0.05) is 85.9 Å². The van der Waals surface area contributed by atoms with Gasteiger partial charge in [0.2, 0.25) is 0 Å². The molecule has 2 rings (SSSR count). The molecule has 2 aromatic rings.